The second kappa shape index (κ2) is 9.87. The number of sulfonamides is 1. The Morgan fingerprint density at radius 2 is 1.69 bits per heavy atom. The molecule has 0 saturated heterocycles. The van der Waals surface area contributed by atoms with Gasteiger partial charge < -0.3 is 10.1 Å². The zero-order chi connectivity index (χ0) is 23.3. The maximum absolute atomic E-state index is 12.7. The number of nitrogens with one attached hydrogen (secondary N) is 1. The van der Waals surface area contributed by atoms with Crippen molar-refractivity contribution in [2.24, 2.45) is 0 Å². The molecule has 1 amide bonds. The highest BCUT2D eigenvalue weighted by Gasteiger charge is 2.18. The van der Waals surface area contributed by atoms with Crippen LogP contribution < -0.4 is 14.4 Å². The number of carbonyl (C=O) groups excluding carboxylic acids is 1. The molecule has 7 heteroatoms. The van der Waals surface area contributed by atoms with Crippen molar-refractivity contribution in [1.29, 1.82) is 0 Å². The fourth-order valence-electron chi connectivity index (χ4n) is 3.37. The van der Waals surface area contributed by atoms with E-state index < -0.39 is 10.0 Å². The molecule has 32 heavy (non-hydrogen) atoms. The molecule has 168 valence electrons. The molecule has 0 aromatic heterocycles. The van der Waals surface area contributed by atoms with Gasteiger partial charge in [0, 0.05) is 5.56 Å². The van der Waals surface area contributed by atoms with E-state index in [1.807, 2.05) is 56.3 Å². The van der Waals surface area contributed by atoms with Crippen molar-refractivity contribution in [3.63, 3.8) is 0 Å². The van der Waals surface area contributed by atoms with Crippen LogP contribution in [0.5, 0.6) is 5.75 Å². The Labute approximate surface area is 189 Å². The lowest BCUT2D eigenvalue weighted by Crippen LogP contribution is -2.29. The molecule has 0 unspecified atom stereocenters. The number of hydrogen-bond acceptors (Lipinski definition) is 4. The molecule has 0 bridgehead atoms. The number of methoxy groups -OCH3 is 1. The third-order valence-electron chi connectivity index (χ3n) is 5.20. The van der Waals surface area contributed by atoms with E-state index in [1.54, 1.807) is 37.4 Å². The Kier molecular flexibility index (Phi) is 7.20. The average Bonchev–Trinajstić information content (AvgIpc) is 2.77. The van der Waals surface area contributed by atoms with Gasteiger partial charge in [0.1, 0.15) is 5.75 Å². The zero-order valence-corrected chi connectivity index (χ0v) is 19.5. The van der Waals surface area contributed by atoms with E-state index in [2.05, 4.69) is 5.32 Å². The summed E-state index contributed by atoms with van der Waals surface area (Å²) in [5.74, 6) is 0.565. The lowest BCUT2D eigenvalue weighted by atomic mass is 10.1. The number of benzene rings is 3. The van der Waals surface area contributed by atoms with Gasteiger partial charge in [-0.05, 0) is 66.9 Å². The number of carbonyl (C=O) groups is 1. The van der Waals surface area contributed by atoms with Crippen molar-refractivity contribution >= 4 is 21.6 Å². The number of rotatable bonds is 8. The number of ether oxygens (including phenoxy) is 1. The molecule has 3 rings (SSSR count). The second-order valence-electron chi connectivity index (χ2n) is 7.77. The minimum atomic E-state index is -3.47. The largest absolute Gasteiger partial charge is 0.497 e. The Hall–Kier alpha value is -3.32. The molecule has 0 fully saturated rings. The van der Waals surface area contributed by atoms with Crippen LogP contribution in [0.25, 0.3) is 0 Å². The summed E-state index contributed by atoms with van der Waals surface area (Å²) < 4.78 is 31.3. The average molecular weight is 453 g/mol. The first-order chi connectivity index (χ1) is 15.2. The fraction of sp³-hybridized carbons (Fsp3) is 0.240. The fourth-order valence-corrected chi connectivity index (χ4v) is 4.25. The van der Waals surface area contributed by atoms with Gasteiger partial charge in [-0.3, -0.25) is 9.10 Å². The van der Waals surface area contributed by atoms with E-state index >= 15 is 0 Å². The van der Waals surface area contributed by atoms with Crippen LogP contribution in [-0.2, 0) is 16.6 Å². The van der Waals surface area contributed by atoms with Gasteiger partial charge in [-0.15, -0.1) is 0 Å². The van der Waals surface area contributed by atoms with Crippen LogP contribution in [-0.4, -0.2) is 27.7 Å². The smallest absolute Gasteiger partial charge is 0.251 e. The Balaban J connectivity index is 1.71. The Bertz CT molecular complexity index is 1170. The van der Waals surface area contributed by atoms with Crippen molar-refractivity contribution in [3.8, 4) is 5.75 Å². The summed E-state index contributed by atoms with van der Waals surface area (Å²) in [6, 6.07) is 21.7. The number of anilines is 1. The van der Waals surface area contributed by atoms with E-state index in [4.69, 9.17) is 4.74 Å². The standard InChI is InChI=1S/C25H28N2O4S/c1-18-6-5-7-23(16-18)27(32(4,29)30)17-20-8-10-22(11-9-20)25(28)26-19(2)21-12-14-24(31-3)15-13-21/h5-16,19H,17H2,1-4H3,(H,26,28)/t19-/m0/s1. The molecule has 0 saturated carbocycles. The molecule has 1 N–H and O–H groups in total. The predicted octanol–water partition coefficient (Wildman–Crippen LogP) is 4.46. The number of hydrogen-bond donors (Lipinski definition) is 1. The van der Waals surface area contributed by atoms with E-state index in [0.717, 1.165) is 22.4 Å². The summed E-state index contributed by atoms with van der Waals surface area (Å²) in [7, 11) is -1.85. The molecule has 3 aromatic carbocycles. The normalized spacial score (nSPS) is 12.1. The molecule has 0 aliphatic heterocycles. The molecular weight excluding hydrogens is 424 g/mol. The van der Waals surface area contributed by atoms with Crippen LogP contribution in [0.2, 0.25) is 0 Å². The molecule has 3 aromatic rings. The van der Waals surface area contributed by atoms with Crippen molar-refractivity contribution in [1.82, 2.24) is 5.32 Å². The first kappa shape index (κ1) is 23.3. The number of nitrogens with zero attached hydrogens (tertiary/aromatic N) is 1. The highest BCUT2D eigenvalue weighted by molar-refractivity contribution is 7.92. The lowest BCUT2D eigenvalue weighted by molar-refractivity contribution is 0.0940. The molecule has 1 atom stereocenters. The molecule has 0 spiro atoms. The summed E-state index contributed by atoms with van der Waals surface area (Å²) in [4.78, 5) is 12.7. The van der Waals surface area contributed by atoms with Crippen LogP contribution in [0, 0.1) is 6.92 Å². The van der Waals surface area contributed by atoms with Crippen molar-refractivity contribution < 1.29 is 17.9 Å². The molecule has 0 heterocycles. The van der Waals surface area contributed by atoms with Gasteiger partial charge in [0.25, 0.3) is 5.91 Å². The Morgan fingerprint density at radius 3 is 2.25 bits per heavy atom. The van der Waals surface area contributed by atoms with Crippen molar-refractivity contribution in [2.75, 3.05) is 17.7 Å². The van der Waals surface area contributed by atoms with Crippen LogP contribution in [0.1, 0.15) is 40.0 Å². The van der Waals surface area contributed by atoms with Crippen LogP contribution in [0.15, 0.2) is 72.8 Å². The maximum atomic E-state index is 12.7. The predicted molar refractivity (Wildman–Crippen MR) is 128 cm³/mol. The first-order valence-corrected chi connectivity index (χ1v) is 12.1. The topological polar surface area (TPSA) is 75.7 Å². The van der Waals surface area contributed by atoms with E-state index in [0.29, 0.717) is 11.3 Å². The first-order valence-electron chi connectivity index (χ1n) is 10.3. The third kappa shape index (κ3) is 5.88. The van der Waals surface area contributed by atoms with Crippen LogP contribution >= 0.6 is 0 Å². The summed E-state index contributed by atoms with van der Waals surface area (Å²) >= 11 is 0. The van der Waals surface area contributed by atoms with Gasteiger partial charge in [-0.1, -0.05) is 36.4 Å². The second-order valence-corrected chi connectivity index (χ2v) is 9.68. The number of aryl methyl sites for hydroxylation is 1. The summed E-state index contributed by atoms with van der Waals surface area (Å²) in [6.45, 7) is 4.02. The SMILES string of the molecule is COc1ccc([C@H](C)NC(=O)c2ccc(CN(c3cccc(C)c3)S(C)(=O)=O)cc2)cc1. The van der Waals surface area contributed by atoms with E-state index in [1.165, 1.54) is 10.6 Å². The summed E-state index contributed by atoms with van der Waals surface area (Å²) in [6.07, 6.45) is 1.19. The van der Waals surface area contributed by atoms with Crippen LogP contribution in [0.3, 0.4) is 0 Å². The monoisotopic (exact) mass is 452 g/mol. The highest BCUT2D eigenvalue weighted by atomic mass is 32.2. The van der Waals surface area contributed by atoms with E-state index in [9.17, 15) is 13.2 Å². The van der Waals surface area contributed by atoms with Gasteiger partial charge in [0.15, 0.2) is 0 Å². The van der Waals surface area contributed by atoms with Crippen LogP contribution in [0.4, 0.5) is 5.69 Å². The van der Waals surface area contributed by atoms with Gasteiger partial charge in [-0.2, -0.15) is 0 Å². The Morgan fingerprint density at radius 1 is 1.03 bits per heavy atom. The van der Waals surface area contributed by atoms with Crippen molar-refractivity contribution in [3.05, 3.63) is 95.1 Å². The van der Waals surface area contributed by atoms with E-state index in [-0.39, 0.29) is 18.5 Å². The van der Waals surface area contributed by atoms with Crippen molar-refractivity contribution in [2.45, 2.75) is 26.4 Å². The molecule has 0 aliphatic carbocycles. The highest BCUT2D eigenvalue weighted by Crippen LogP contribution is 2.22. The van der Waals surface area contributed by atoms with Gasteiger partial charge in [0.2, 0.25) is 10.0 Å². The molecule has 6 nitrogen and oxygen atoms in total. The summed E-state index contributed by atoms with van der Waals surface area (Å²) in [5, 5.41) is 2.98. The third-order valence-corrected chi connectivity index (χ3v) is 6.34. The minimum Gasteiger partial charge on any atom is -0.497 e. The minimum absolute atomic E-state index is 0.171. The molecule has 0 aliphatic rings. The summed E-state index contributed by atoms with van der Waals surface area (Å²) in [5.41, 5.74) is 3.86. The quantitative estimate of drug-likeness (QED) is 0.548. The molecular formula is C25H28N2O4S. The number of amides is 1. The maximum Gasteiger partial charge on any atom is 0.251 e. The van der Waals surface area contributed by atoms with Gasteiger partial charge in [-0.25, -0.2) is 8.42 Å². The van der Waals surface area contributed by atoms with Gasteiger partial charge >= 0.3 is 0 Å². The lowest BCUT2D eigenvalue weighted by Gasteiger charge is -2.23. The van der Waals surface area contributed by atoms with Gasteiger partial charge in [0.05, 0.1) is 31.6 Å². The molecule has 0 radical (unpaired) electrons. The zero-order valence-electron chi connectivity index (χ0n) is 18.7.